The van der Waals surface area contributed by atoms with Crippen molar-refractivity contribution < 1.29 is 28.5 Å². The van der Waals surface area contributed by atoms with E-state index in [0.29, 0.717) is 17.9 Å². The Morgan fingerprint density at radius 1 is 0.958 bits per heavy atom. The molecule has 4 fully saturated rings. The first kappa shape index (κ1) is 17.4. The summed E-state index contributed by atoms with van der Waals surface area (Å²) in [5.41, 5.74) is 0.239. The summed E-state index contributed by atoms with van der Waals surface area (Å²) in [5, 5.41) is 0. The van der Waals surface area contributed by atoms with Crippen LogP contribution in [0.2, 0.25) is 0 Å². The number of carbonyl (C=O) groups is 2. The fraction of sp³-hybridized carbons (Fsp3) is 0.778. The largest absolute Gasteiger partial charge is 0.450 e. The summed E-state index contributed by atoms with van der Waals surface area (Å²) in [6, 6.07) is 0. The van der Waals surface area contributed by atoms with Crippen molar-refractivity contribution in [2.45, 2.75) is 45.1 Å². The van der Waals surface area contributed by atoms with Crippen LogP contribution in [-0.4, -0.2) is 38.2 Å². The molecule has 4 rings (SSSR count). The molecule has 4 aliphatic carbocycles. The lowest BCUT2D eigenvalue weighted by Gasteiger charge is -2.53. The van der Waals surface area contributed by atoms with Crippen molar-refractivity contribution in [1.29, 1.82) is 0 Å². The minimum atomic E-state index is -0.653. The van der Waals surface area contributed by atoms with Gasteiger partial charge in [0.2, 0.25) is 0 Å². The van der Waals surface area contributed by atoms with Gasteiger partial charge >= 0.3 is 11.9 Å². The van der Waals surface area contributed by atoms with E-state index < -0.39 is 18.5 Å². The van der Waals surface area contributed by atoms with E-state index in [-0.39, 0.29) is 19.2 Å². The number of hydrogen-bond acceptors (Lipinski definition) is 6. The van der Waals surface area contributed by atoms with Gasteiger partial charge < -0.3 is 18.9 Å². The molecule has 0 radical (unpaired) electrons. The van der Waals surface area contributed by atoms with Crippen LogP contribution >= 0.6 is 0 Å². The van der Waals surface area contributed by atoms with Crippen molar-refractivity contribution in [2.75, 3.05) is 20.2 Å². The second-order valence-electron chi connectivity index (χ2n) is 7.37. The lowest BCUT2D eigenvalue weighted by molar-refractivity contribution is -0.203. The lowest BCUT2D eigenvalue weighted by Crippen LogP contribution is -2.49. The summed E-state index contributed by atoms with van der Waals surface area (Å²) >= 11 is 0. The van der Waals surface area contributed by atoms with E-state index in [1.54, 1.807) is 0 Å². The standard InChI is InChI=1S/C18H26O6/c1-11(2)18(20)22-8-16(19)23-9-21-10-24-17-14-4-12-3-13(6-14)7-15(17)5-12/h12-15,17H,1,3-10H2,2H3. The molecule has 4 saturated carbocycles. The van der Waals surface area contributed by atoms with Crippen LogP contribution in [0.15, 0.2) is 12.2 Å². The number of ether oxygens (including phenoxy) is 4. The van der Waals surface area contributed by atoms with Crippen molar-refractivity contribution in [3.8, 4) is 0 Å². The summed E-state index contributed by atoms with van der Waals surface area (Å²) in [7, 11) is 0. The molecule has 0 amide bonds. The maximum Gasteiger partial charge on any atom is 0.346 e. The Kier molecular flexibility index (Phi) is 5.56. The first-order valence-electron chi connectivity index (χ1n) is 8.70. The molecule has 0 unspecified atom stereocenters. The Morgan fingerprint density at radius 2 is 1.58 bits per heavy atom. The van der Waals surface area contributed by atoms with Crippen LogP contribution in [0, 0.1) is 23.7 Å². The average Bonchev–Trinajstić information content (AvgIpc) is 2.53. The highest BCUT2D eigenvalue weighted by atomic mass is 16.7. The predicted octanol–water partition coefficient (Wildman–Crippen LogP) is 2.42. The number of esters is 2. The molecule has 0 aromatic heterocycles. The third-order valence-corrected chi connectivity index (χ3v) is 5.46. The van der Waals surface area contributed by atoms with Crippen molar-refractivity contribution in [3.63, 3.8) is 0 Å². The van der Waals surface area contributed by atoms with Gasteiger partial charge in [-0.15, -0.1) is 0 Å². The maximum absolute atomic E-state index is 11.4. The minimum Gasteiger partial charge on any atom is -0.450 e. The Morgan fingerprint density at radius 3 is 2.17 bits per heavy atom. The molecule has 4 aliphatic rings. The zero-order valence-electron chi connectivity index (χ0n) is 14.2. The highest BCUT2D eigenvalue weighted by molar-refractivity contribution is 5.88. The monoisotopic (exact) mass is 338 g/mol. The van der Waals surface area contributed by atoms with Crippen molar-refractivity contribution in [1.82, 2.24) is 0 Å². The van der Waals surface area contributed by atoms with Gasteiger partial charge in [-0.25, -0.2) is 9.59 Å². The molecule has 0 aromatic rings. The topological polar surface area (TPSA) is 71.1 Å². The van der Waals surface area contributed by atoms with E-state index in [1.807, 2.05) is 0 Å². The van der Waals surface area contributed by atoms with E-state index in [0.717, 1.165) is 11.8 Å². The summed E-state index contributed by atoms with van der Waals surface area (Å²) in [5.74, 6) is 1.91. The Labute approximate surface area is 142 Å². The molecule has 4 bridgehead atoms. The Hall–Kier alpha value is -1.40. The molecule has 0 saturated heterocycles. The van der Waals surface area contributed by atoms with Crippen LogP contribution in [0.4, 0.5) is 0 Å². The van der Waals surface area contributed by atoms with E-state index in [1.165, 1.54) is 39.0 Å². The van der Waals surface area contributed by atoms with Crippen LogP contribution in [0.3, 0.4) is 0 Å². The average molecular weight is 338 g/mol. The van der Waals surface area contributed by atoms with Gasteiger partial charge in [-0.1, -0.05) is 6.58 Å². The van der Waals surface area contributed by atoms with Gasteiger partial charge in [-0.05, 0) is 62.7 Å². The normalized spacial score (nSPS) is 33.3. The fourth-order valence-corrected chi connectivity index (χ4v) is 4.70. The Balaban J connectivity index is 1.27. The van der Waals surface area contributed by atoms with Crippen LogP contribution in [0.25, 0.3) is 0 Å². The molecule has 0 atom stereocenters. The molecular weight excluding hydrogens is 312 g/mol. The molecule has 6 heteroatoms. The smallest absolute Gasteiger partial charge is 0.346 e. The van der Waals surface area contributed by atoms with Crippen molar-refractivity contribution in [3.05, 3.63) is 12.2 Å². The van der Waals surface area contributed by atoms with Gasteiger partial charge in [0, 0.05) is 5.57 Å². The van der Waals surface area contributed by atoms with Crippen LogP contribution in [-0.2, 0) is 28.5 Å². The maximum atomic E-state index is 11.4. The van der Waals surface area contributed by atoms with Crippen molar-refractivity contribution >= 4 is 11.9 Å². The highest BCUT2D eigenvalue weighted by Crippen LogP contribution is 2.54. The van der Waals surface area contributed by atoms with E-state index in [9.17, 15) is 9.59 Å². The zero-order chi connectivity index (χ0) is 17.1. The molecule has 0 heterocycles. The molecule has 24 heavy (non-hydrogen) atoms. The highest BCUT2D eigenvalue weighted by Gasteiger charge is 2.48. The summed E-state index contributed by atoms with van der Waals surface area (Å²) < 4.78 is 20.7. The number of hydrogen-bond donors (Lipinski definition) is 0. The summed E-state index contributed by atoms with van der Waals surface area (Å²) in [6.07, 6.45) is 6.88. The van der Waals surface area contributed by atoms with E-state index in [2.05, 4.69) is 11.3 Å². The number of rotatable bonds is 8. The van der Waals surface area contributed by atoms with Crippen LogP contribution < -0.4 is 0 Å². The minimum absolute atomic E-state index is 0.131. The molecule has 0 N–H and O–H groups in total. The first-order chi connectivity index (χ1) is 11.5. The van der Waals surface area contributed by atoms with Gasteiger partial charge in [-0.2, -0.15) is 0 Å². The fourth-order valence-electron chi connectivity index (χ4n) is 4.70. The predicted molar refractivity (Wildman–Crippen MR) is 84.6 cm³/mol. The van der Waals surface area contributed by atoms with Gasteiger partial charge in [0.1, 0.15) is 0 Å². The van der Waals surface area contributed by atoms with Gasteiger partial charge in [0.15, 0.2) is 20.2 Å². The molecule has 6 nitrogen and oxygen atoms in total. The van der Waals surface area contributed by atoms with Crippen molar-refractivity contribution in [2.24, 2.45) is 23.7 Å². The quantitative estimate of drug-likeness (QED) is 0.293. The van der Waals surface area contributed by atoms with Gasteiger partial charge in [-0.3, -0.25) is 0 Å². The third kappa shape index (κ3) is 4.16. The summed E-state index contributed by atoms with van der Waals surface area (Å²) in [4.78, 5) is 22.5. The van der Waals surface area contributed by atoms with Crippen LogP contribution in [0.1, 0.15) is 39.0 Å². The van der Waals surface area contributed by atoms with Gasteiger partial charge in [0.05, 0.1) is 6.10 Å². The molecule has 0 spiro atoms. The number of carbonyl (C=O) groups excluding carboxylic acids is 2. The Bertz CT molecular complexity index is 472. The first-order valence-corrected chi connectivity index (χ1v) is 8.70. The van der Waals surface area contributed by atoms with E-state index >= 15 is 0 Å². The lowest BCUT2D eigenvalue weighted by atomic mass is 9.55. The molecular formula is C18H26O6. The second kappa shape index (κ2) is 7.66. The summed E-state index contributed by atoms with van der Waals surface area (Å²) in [6.45, 7) is 4.43. The molecule has 0 aliphatic heterocycles. The molecule has 0 aromatic carbocycles. The molecule has 134 valence electrons. The zero-order valence-corrected chi connectivity index (χ0v) is 14.2. The second-order valence-corrected chi connectivity index (χ2v) is 7.37. The third-order valence-electron chi connectivity index (χ3n) is 5.46. The SMILES string of the molecule is C=C(C)C(=O)OCC(=O)OCOCOC1C2CC3CC(C2)CC1C3. The van der Waals surface area contributed by atoms with Crippen LogP contribution in [0.5, 0.6) is 0 Å². The van der Waals surface area contributed by atoms with E-state index in [4.69, 9.17) is 14.2 Å². The van der Waals surface area contributed by atoms with Gasteiger partial charge in [0.25, 0.3) is 0 Å².